The Morgan fingerprint density at radius 1 is 1.50 bits per heavy atom. The molecule has 0 N–H and O–H groups in total. The van der Waals surface area contributed by atoms with E-state index in [0.717, 1.165) is 0 Å². The molecule has 0 aliphatic rings. The monoisotopic (exact) mass is 192 g/mol. The van der Waals surface area contributed by atoms with Crippen LogP contribution in [0.5, 0.6) is 5.75 Å². The average molecular weight is 193 g/mol. The molecule has 66 valence electrons. The van der Waals surface area contributed by atoms with Crippen LogP contribution in [0.1, 0.15) is 5.56 Å². The summed E-state index contributed by atoms with van der Waals surface area (Å²) in [6.07, 6.45) is 0. The van der Waals surface area contributed by atoms with Crippen LogP contribution in [0.2, 0.25) is 5.02 Å². The summed E-state index contributed by atoms with van der Waals surface area (Å²) in [4.78, 5) is 0. The summed E-state index contributed by atoms with van der Waals surface area (Å²) in [7, 11) is 0. The van der Waals surface area contributed by atoms with Gasteiger partial charge in [0.2, 0.25) is 6.86 Å². The molecular weight excluding hydrogens is 186 g/mol. The average Bonchev–Trinajstić information content (AvgIpc) is 2.07. The van der Waals surface area contributed by atoms with Gasteiger partial charge in [0.15, 0.2) is 11.6 Å². The fourth-order valence-corrected chi connectivity index (χ4v) is 0.955. The van der Waals surface area contributed by atoms with Crippen molar-refractivity contribution in [3.05, 3.63) is 28.5 Å². The summed E-state index contributed by atoms with van der Waals surface area (Å²) in [5.74, 6) is -0.873. The smallest absolute Gasteiger partial charge is 0.228 e. The van der Waals surface area contributed by atoms with Crippen LogP contribution in [-0.4, -0.2) is 6.86 Å². The van der Waals surface area contributed by atoms with Crippen molar-refractivity contribution in [3.63, 3.8) is 0 Å². The van der Waals surface area contributed by atoms with Gasteiger partial charge in [0.1, 0.15) is 0 Å². The highest BCUT2D eigenvalue weighted by molar-refractivity contribution is 6.31. The number of hydrogen-bond acceptors (Lipinski definition) is 1. The molecule has 0 aliphatic carbocycles. The largest absolute Gasteiger partial charge is 0.460 e. The van der Waals surface area contributed by atoms with Crippen LogP contribution in [0.25, 0.3) is 0 Å². The molecule has 0 saturated heterocycles. The number of rotatable bonds is 2. The first kappa shape index (κ1) is 9.26. The van der Waals surface area contributed by atoms with E-state index >= 15 is 0 Å². The van der Waals surface area contributed by atoms with Gasteiger partial charge in [-0.05, 0) is 18.6 Å². The first-order valence-electron chi connectivity index (χ1n) is 3.30. The fourth-order valence-electron chi connectivity index (χ4n) is 0.799. The van der Waals surface area contributed by atoms with Crippen LogP contribution in [-0.2, 0) is 0 Å². The summed E-state index contributed by atoms with van der Waals surface area (Å²) in [5, 5.41) is -0.0269. The van der Waals surface area contributed by atoms with Crippen molar-refractivity contribution >= 4 is 11.6 Å². The molecule has 1 aromatic rings. The third-order valence-corrected chi connectivity index (χ3v) is 1.91. The minimum atomic E-state index is -1.06. The summed E-state index contributed by atoms with van der Waals surface area (Å²) < 4.78 is 29.0. The molecule has 0 amide bonds. The standard InChI is InChI=1S/C8H7ClF2O/c1-5-2-3-6(12-4-10)8(11)7(5)9/h2-3H,4H2,1H3. The van der Waals surface area contributed by atoms with E-state index < -0.39 is 12.7 Å². The molecule has 0 bridgehead atoms. The van der Waals surface area contributed by atoms with Gasteiger partial charge in [-0.1, -0.05) is 17.7 Å². The molecule has 4 heteroatoms. The number of hydrogen-bond donors (Lipinski definition) is 0. The second-order valence-electron chi connectivity index (χ2n) is 2.26. The zero-order chi connectivity index (χ0) is 9.14. The summed E-state index contributed by atoms with van der Waals surface area (Å²) >= 11 is 5.54. The Balaban J connectivity index is 3.08. The highest BCUT2D eigenvalue weighted by Gasteiger charge is 2.09. The molecule has 12 heavy (non-hydrogen) atoms. The maximum Gasteiger partial charge on any atom is 0.228 e. The lowest BCUT2D eigenvalue weighted by molar-refractivity contribution is 0.184. The fraction of sp³-hybridized carbons (Fsp3) is 0.250. The third kappa shape index (κ3) is 1.67. The Morgan fingerprint density at radius 2 is 2.17 bits per heavy atom. The predicted molar refractivity (Wildman–Crippen MR) is 42.8 cm³/mol. The van der Waals surface area contributed by atoms with Gasteiger partial charge in [0.25, 0.3) is 0 Å². The summed E-state index contributed by atoms with van der Waals surface area (Å²) in [6, 6.07) is 2.91. The molecule has 1 aromatic carbocycles. The first-order valence-corrected chi connectivity index (χ1v) is 3.68. The SMILES string of the molecule is Cc1ccc(OCF)c(F)c1Cl. The minimum Gasteiger partial charge on any atom is -0.460 e. The van der Waals surface area contributed by atoms with Gasteiger partial charge in [-0.15, -0.1) is 0 Å². The van der Waals surface area contributed by atoms with Crippen molar-refractivity contribution in [3.8, 4) is 5.75 Å². The molecule has 0 aliphatic heterocycles. The number of alkyl halides is 1. The van der Waals surface area contributed by atoms with E-state index in [1.807, 2.05) is 0 Å². The molecule has 0 aromatic heterocycles. The molecule has 0 radical (unpaired) electrons. The zero-order valence-electron chi connectivity index (χ0n) is 6.40. The summed E-state index contributed by atoms with van der Waals surface area (Å²) in [6.45, 7) is 0.598. The minimum absolute atomic E-state index is 0.0269. The van der Waals surface area contributed by atoms with Crippen LogP contribution in [0.4, 0.5) is 8.78 Å². The van der Waals surface area contributed by atoms with Crippen molar-refractivity contribution in [1.29, 1.82) is 0 Å². The Hall–Kier alpha value is -0.830. The second-order valence-corrected chi connectivity index (χ2v) is 2.64. The van der Waals surface area contributed by atoms with Gasteiger partial charge < -0.3 is 4.74 Å². The molecule has 0 atom stereocenters. The maximum absolute atomic E-state index is 13.0. The highest BCUT2D eigenvalue weighted by atomic mass is 35.5. The van der Waals surface area contributed by atoms with Crippen molar-refractivity contribution in [2.75, 3.05) is 6.86 Å². The van der Waals surface area contributed by atoms with Gasteiger partial charge in [-0.2, -0.15) is 0 Å². The molecule has 0 unspecified atom stereocenters. The number of ether oxygens (including phenoxy) is 1. The molecule has 0 fully saturated rings. The lowest BCUT2D eigenvalue weighted by atomic mass is 10.2. The van der Waals surface area contributed by atoms with E-state index in [9.17, 15) is 8.78 Å². The predicted octanol–water partition coefficient (Wildman–Crippen LogP) is 3.09. The van der Waals surface area contributed by atoms with E-state index in [1.165, 1.54) is 6.07 Å². The highest BCUT2D eigenvalue weighted by Crippen LogP contribution is 2.27. The Bertz CT molecular complexity index is 289. The van der Waals surface area contributed by atoms with Crippen molar-refractivity contribution < 1.29 is 13.5 Å². The molecule has 0 heterocycles. The van der Waals surface area contributed by atoms with Gasteiger partial charge in [0, 0.05) is 0 Å². The van der Waals surface area contributed by atoms with E-state index in [-0.39, 0.29) is 10.8 Å². The number of halogens is 3. The van der Waals surface area contributed by atoms with Crippen molar-refractivity contribution in [2.45, 2.75) is 6.92 Å². The molecular formula is C8H7ClF2O. The topological polar surface area (TPSA) is 9.23 Å². The number of aryl methyl sites for hydroxylation is 1. The second kappa shape index (κ2) is 3.72. The summed E-state index contributed by atoms with van der Waals surface area (Å²) in [5.41, 5.74) is 0.598. The van der Waals surface area contributed by atoms with E-state index in [1.54, 1.807) is 13.0 Å². The van der Waals surface area contributed by atoms with Crippen LogP contribution in [0.15, 0.2) is 12.1 Å². The molecule has 1 rings (SSSR count). The van der Waals surface area contributed by atoms with Gasteiger partial charge in [0.05, 0.1) is 5.02 Å². The van der Waals surface area contributed by atoms with Gasteiger partial charge in [-0.3, -0.25) is 0 Å². The zero-order valence-corrected chi connectivity index (χ0v) is 7.16. The lowest BCUT2D eigenvalue weighted by Gasteiger charge is -2.05. The van der Waals surface area contributed by atoms with Crippen molar-refractivity contribution in [1.82, 2.24) is 0 Å². The van der Waals surface area contributed by atoms with Gasteiger partial charge >= 0.3 is 0 Å². The van der Waals surface area contributed by atoms with Crippen molar-refractivity contribution in [2.24, 2.45) is 0 Å². The molecule has 1 nitrogen and oxygen atoms in total. The van der Waals surface area contributed by atoms with Crippen LogP contribution in [0.3, 0.4) is 0 Å². The third-order valence-electron chi connectivity index (χ3n) is 1.45. The number of benzene rings is 1. The Labute approximate surface area is 73.9 Å². The Morgan fingerprint density at radius 3 is 2.75 bits per heavy atom. The van der Waals surface area contributed by atoms with Crippen LogP contribution >= 0.6 is 11.6 Å². The quantitative estimate of drug-likeness (QED) is 0.700. The lowest BCUT2D eigenvalue weighted by Crippen LogP contribution is -1.94. The molecule has 0 saturated carbocycles. The Kier molecular flexibility index (Phi) is 2.87. The first-order chi connectivity index (χ1) is 5.66. The molecule has 0 spiro atoms. The van der Waals surface area contributed by atoms with Gasteiger partial charge in [-0.25, -0.2) is 8.78 Å². The van der Waals surface area contributed by atoms with E-state index in [4.69, 9.17) is 11.6 Å². The van der Waals surface area contributed by atoms with Crippen LogP contribution in [0, 0.1) is 12.7 Å². The maximum atomic E-state index is 13.0. The normalized spacial score (nSPS) is 10.0. The van der Waals surface area contributed by atoms with E-state index in [0.29, 0.717) is 5.56 Å². The van der Waals surface area contributed by atoms with E-state index in [2.05, 4.69) is 4.74 Å². The van der Waals surface area contributed by atoms with Crippen LogP contribution < -0.4 is 4.74 Å².